The third-order valence-electron chi connectivity index (χ3n) is 1.88. The van der Waals surface area contributed by atoms with Crippen LogP contribution in [0, 0.1) is 10.1 Å². The first-order valence-corrected chi connectivity index (χ1v) is 4.10. The highest BCUT2D eigenvalue weighted by Crippen LogP contribution is 2.32. The predicted molar refractivity (Wildman–Crippen MR) is 49.4 cm³/mol. The highest BCUT2D eigenvalue weighted by molar-refractivity contribution is 5.59. The van der Waals surface area contributed by atoms with Crippen LogP contribution in [0.5, 0.6) is 0 Å². The average Bonchev–Trinajstić information content (AvgIpc) is 2.42. The van der Waals surface area contributed by atoms with Crippen LogP contribution in [0.25, 0.3) is 0 Å². The maximum atomic E-state index is 10.7. The molecule has 78 valence electrons. The summed E-state index contributed by atoms with van der Waals surface area (Å²) in [4.78, 5) is 10.2. The van der Waals surface area contributed by atoms with Gasteiger partial charge >= 0.3 is 5.69 Å². The lowest BCUT2D eigenvalue weighted by Gasteiger charge is -1.98. The molecule has 0 saturated heterocycles. The van der Waals surface area contributed by atoms with Gasteiger partial charge in [0, 0.05) is 13.0 Å². The van der Waals surface area contributed by atoms with Crippen molar-refractivity contribution in [3.05, 3.63) is 15.8 Å². The van der Waals surface area contributed by atoms with Gasteiger partial charge in [0.25, 0.3) is 0 Å². The second kappa shape index (κ2) is 3.62. The SMILES string of the molecule is CC(C)c1nn(C)c(NO)c1[N+](=O)[O-]. The van der Waals surface area contributed by atoms with Gasteiger partial charge in [-0.05, 0) is 0 Å². The molecule has 0 unspecified atom stereocenters. The zero-order valence-corrected chi connectivity index (χ0v) is 8.18. The van der Waals surface area contributed by atoms with E-state index in [9.17, 15) is 10.1 Å². The number of hydrogen-bond donors (Lipinski definition) is 2. The van der Waals surface area contributed by atoms with Crippen molar-refractivity contribution in [3.63, 3.8) is 0 Å². The third kappa shape index (κ3) is 1.53. The van der Waals surface area contributed by atoms with E-state index in [1.54, 1.807) is 19.3 Å². The molecule has 2 N–H and O–H groups in total. The number of anilines is 1. The largest absolute Gasteiger partial charge is 0.336 e. The Morgan fingerprint density at radius 2 is 2.21 bits per heavy atom. The lowest BCUT2D eigenvalue weighted by molar-refractivity contribution is -0.385. The van der Waals surface area contributed by atoms with Crippen molar-refractivity contribution in [2.75, 3.05) is 5.48 Å². The Balaban J connectivity index is 3.37. The van der Waals surface area contributed by atoms with Gasteiger partial charge in [-0.2, -0.15) is 5.10 Å². The molecule has 1 aromatic heterocycles. The van der Waals surface area contributed by atoms with Crippen LogP contribution in [0.4, 0.5) is 11.5 Å². The molecule has 0 radical (unpaired) electrons. The number of aromatic nitrogens is 2. The van der Waals surface area contributed by atoms with E-state index in [4.69, 9.17) is 5.21 Å². The van der Waals surface area contributed by atoms with Gasteiger partial charge in [0.2, 0.25) is 5.82 Å². The highest BCUT2D eigenvalue weighted by Gasteiger charge is 2.27. The Morgan fingerprint density at radius 3 is 2.57 bits per heavy atom. The summed E-state index contributed by atoms with van der Waals surface area (Å²) >= 11 is 0. The maximum Gasteiger partial charge on any atom is 0.336 e. The number of nitrogens with one attached hydrogen (secondary N) is 1. The van der Waals surface area contributed by atoms with Gasteiger partial charge in [0.1, 0.15) is 5.69 Å². The molecule has 7 heteroatoms. The Kier molecular flexibility index (Phi) is 2.70. The first-order chi connectivity index (χ1) is 6.49. The van der Waals surface area contributed by atoms with Crippen LogP contribution < -0.4 is 5.48 Å². The summed E-state index contributed by atoms with van der Waals surface area (Å²) < 4.78 is 1.24. The standard InChI is InChI=1S/C7H12N4O3/c1-4(2)5-6(11(13)14)7(9-12)10(3)8-5/h4,9,12H,1-3H3. The first-order valence-electron chi connectivity index (χ1n) is 4.10. The fourth-order valence-corrected chi connectivity index (χ4v) is 1.23. The van der Waals surface area contributed by atoms with Gasteiger partial charge in [0.15, 0.2) is 0 Å². The molecule has 0 spiro atoms. The summed E-state index contributed by atoms with van der Waals surface area (Å²) in [5.41, 5.74) is 1.96. The summed E-state index contributed by atoms with van der Waals surface area (Å²) in [6, 6.07) is 0. The number of hydrogen-bond acceptors (Lipinski definition) is 5. The second-order valence-corrected chi connectivity index (χ2v) is 3.23. The second-order valence-electron chi connectivity index (χ2n) is 3.23. The molecule has 0 atom stereocenters. The van der Waals surface area contributed by atoms with E-state index in [0.29, 0.717) is 5.69 Å². The quantitative estimate of drug-likeness (QED) is 0.565. The molecule has 0 bridgehead atoms. The van der Waals surface area contributed by atoms with E-state index in [1.807, 2.05) is 0 Å². The van der Waals surface area contributed by atoms with E-state index >= 15 is 0 Å². The van der Waals surface area contributed by atoms with Gasteiger partial charge in [0.05, 0.1) is 4.92 Å². The monoisotopic (exact) mass is 200 g/mol. The predicted octanol–water partition coefficient (Wildman–Crippen LogP) is 1.25. The molecule has 0 saturated carbocycles. The Morgan fingerprint density at radius 1 is 1.64 bits per heavy atom. The van der Waals surface area contributed by atoms with Crippen molar-refractivity contribution < 1.29 is 10.1 Å². The van der Waals surface area contributed by atoms with Crippen molar-refractivity contribution >= 4 is 11.5 Å². The van der Waals surface area contributed by atoms with Crippen molar-refractivity contribution in [1.29, 1.82) is 0 Å². The van der Waals surface area contributed by atoms with Gasteiger partial charge in [-0.3, -0.25) is 15.3 Å². The van der Waals surface area contributed by atoms with Crippen LogP contribution in [0.3, 0.4) is 0 Å². The zero-order valence-electron chi connectivity index (χ0n) is 8.18. The van der Waals surface area contributed by atoms with Gasteiger partial charge in [-0.1, -0.05) is 13.8 Å². The lowest BCUT2D eigenvalue weighted by Crippen LogP contribution is -2.01. The molecule has 1 rings (SSSR count). The van der Waals surface area contributed by atoms with Crippen LogP contribution in [-0.4, -0.2) is 19.9 Å². The smallest absolute Gasteiger partial charge is 0.290 e. The van der Waals surface area contributed by atoms with E-state index in [-0.39, 0.29) is 17.4 Å². The molecule has 0 aliphatic carbocycles. The van der Waals surface area contributed by atoms with Crippen molar-refractivity contribution in [2.24, 2.45) is 7.05 Å². The maximum absolute atomic E-state index is 10.7. The van der Waals surface area contributed by atoms with E-state index < -0.39 is 4.92 Å². The topological polar surface area (TPSA) is 93.2 Å². The van der Waals surface area contributed by atoms with E-state index in [1.165, 1.54) is 11.7 Å². The third-order valence-corrected chi connectivity index (χ3v) is 1.88. The van der Waals surface area contributed by atoms with Crippen molar-refractivity contribution in [1.82, 2.24) is 9.78 Å². The minimum absolute atomic E-state index is 0.00120. The Bertz CT molecular complexity index is 358. The van der Waals surface area contributed by atoms with E-state index in [2.05, 4.69) is 5.10 Å². The number of nitrogens with zero attached hydrogens (tertiary/aromatic N) is 3. The summed E-state index contributed by atoms with van der Waals surface area (Å²) in [5.74, 6) is -0.0672. The summed E-state index contributed by atoms with van der Waals surface area (Å²) in [6.07, 6.45) is 0. The molecule has 0 amide bonds. The first kappa shape index (κ1) is 10.5. The molecule has 0 aliphatic rings. The lowest BCUT2D eigenvalue weighted by atomic mass is 10.1. The fourth-order valence-electron chi connectivity index (χ4n) is 1.23. The molecule has 14 heavy (non-hydrogen) atoms. The Labute approximate surface area is 80.4 Å². The molecule has 0 aromatic carbocycles. The van der Waals surface area contributed by atoms with Gasteiger partial charge < -0.3 is 0 Å². The number of nitro groups is 1. The van der Waals surface area contributed by atoms with Gasteiger partial charge in [-0.25, -0.2) is 10.2 Å². The van der Waals surface area contributed by atoms with Gasteiger partial charge in [-0.15, -0.1) is 0 Å². The molecule has 1 aromatic rings. The highest BCUT2D eigenvalue weighted by atomic mass is 16.6. The minimum atomic E-state index is -0.555. The Hall–Kier alpha value is -1.63. The molecular weight excluding hydrogens is 188 g/mol. The number of aryl methyl sites for hydroxylation is 1. The van der Waals surface area contributed by atoms with Crippen LogP contribution in [0.1, 0.15) is 25.5 Å². The summed E-state index contributed by atoms with van der Waals surface area (Å²) in [6.45, 7) is 3.60. The molecule has 7 nitrogen and oxygen atoms in total. The molecular formula is C7H12N4O3. The van der Waals surface area contributed by atoms with Crippen LogP contribution in [0.2, 0.25) is 0 Å². The summed E-state index contributed by atoms with van der Waals surface area (Å²) in [5, 5.41) is 23.4. The van der Waals surface area contributed by atoms with Crippen LogP contribution in [0.15, 0.2) is 0 Å². The minimum Gasteiger partial charge on any atom is -0.290 e. The fraction of sp³-hybridized carbons (Fsp3) is 0.571. The number of rotatable bonds is 3. The van der Waals surface area contributed by atoms with Crippen LogP contribution >= 0.6 is 0 Å². The summed E-state index contributed by atoms with van der Waals surface area (Å²) in [7, 11) is 1.53. The van der Waals surface area contributed by atoms with Crippen molar-refractivity contribution in [2.45, 2.75) is 19.8 Å². The van der Waals surface area contributed by atoms with Crippen LogP contribution in [-0.2, 0) is 7.05 Å². The zero-order chi connectivity index (χ0) is 10.9. The van der Waals surface area contributed by atoms with Crippen molar-refractivity contribution in [3.8, 4) is 0 Å². The molecule has 1 heterocycles. The van der Waals surface area contributed by atoms with E-state index in [0.717, 1.165) is 0 Å². The average molecular weight is 200 g/mol. The molecule has 0 aliphatic heterocycles. The normalized spacial score (nSPS) is 10.6. The molecule has 0 fully saturated rings.